The molecule has 338 valence electrons. The Morgan fingerprint density at radius 3 is 1.73 bits per heavy atom. The summed E-state index contributed by atoms with van der Waals surface area (Å²) in [6.45, 7) is 1.73. The Labute approximate surface area is 367 Å². The molecule has 0 bridgehead atoms. The molecule has 1 aliphatic heterocycles. The van der Waals surface area contributed by atoms with E-state index in [-0.39, 0.29) is 68.6 Å². The maximum absolute atomic E-state index is 14.2. The van der Waals surface area contributed by atoms with Crippen molar-refractivity contribution in [1.29, 1.82) is 0 Å². The van der Waals surface area contributed by atoms with Gasteiger partial charge in [-0.2, -0.15) is 0 Å². The minimum Gasteiger partial charge on any atom is -0.480 e. The van der Waals surface area contributed by atoms with Crippen LogP contribution in [0.2, 0.25) is 0 Å². The van der Waals surface area contributed by atoms with Gasteiger partial charge < -0.3 is 65.7 Å². The van der Waals surface area contributed by atoms with E-state index in [4.69, 9.17) is 28.7 Å². The third-order valence-electron chi connectivity index (χ3n) is 9.27. The van der Waals surface area contributed by atoms with Crippen LogP contribution in [-0.2, 0) is 46.4 Å². The molecular formula is C39H57N13O8S2. The molecular weight excluding hydrogens is 843 g/mol. The van der Waals surface area contributed by atoms with E-state index in [9.17, 15) is 38.7 Å². The highest BCUT2D eigenvalue weighted by Gasteiger charge is 2.34. The number of carboxylic acids is 1. The highest BCUT2D eigenvalue weighted by molar-refractivity contribution is 8.76. The number of nitrogens with one attached hydrogen (secondary N) is 6. The summed E-state index contributed by atoms with van der Waals surface area (Å²) >= 11 is 0. The number of carbonyl (C=O) groups is 7. The van der Waals surface area contributed by atoms with Crippen LogP contribution in [0.25, 0.3) is 0 Å². The number of carboxylic acid groups (broad SMARTS) is 1. The van der Waals surface area contributed by atoms with Gasteiger partial charge in [-0.3, -0.25) is 38.8 Å². The van der Waals surface area contributed by atoms with Crippen molar-refractivity contribution in [3.05, 3.63) is 71.8 Å². The normalized spacial score (nSPS) is 21.2. The first-order valence-corrected chi connectivity index (χ1v) is 22.3. The number of amides is 6. The van der Waals surface area contributed by atoms with E-state index in [2.05, 4.69) is 41.9 Å². The SMILES string of the molecule is C[C@H](NC(=O)[C@H](N)CCCN=C(N)N)C(=O)N[C@H]1CSSC[C@@H](C(=O)O)NC(=O)[C@H](Cc2ccccc2)NC(=O)[C@H](Cc2ccccc2)NC(=O)[C@H](CCCN=C(N)N)NC1=O. The van der Waals surface area contributed by atoms with Crippen LogP contribution in [0.4, 0.5) is 0 Å². The summed E-state index contributed by atoms with van der Waals surface area (Å²) in [6.07, 6.45) is 0.765. The van der Waals surface area contributed by atoms with Crippen LogP contribution in [-0.4, -0.2) is 125 Å². The molecule has 21 nitrogen and oxygen atoms in total. The predicted octanol–water partition coefficient (Wildman–Crippen LogP) is -2.69. The van der Waals surface area contributed by atoms with Crippen LogP contribution in [0.15, 0.2) is 70.6 Å². The highest BCUT2D eigenvalue weighted by atomic mass is 33.1. The van der Waals surface area contributed by atoms with Gasteiger partial charge in [0.25, 0.3) is 0 Å². The minimum absolute atomic E-state index is 0.00621. The zero-order chi connectivity index (χ0) is 45.6. The lowest BCUT2D eigenvalue weighted by molar-refractivity contribution is -0.141. The molecule has 2 aromatic rings. The first kappa shape index (κ1) is 50.3. The van der Waals surface area contributed by atoms with Crippen LogP contribution in [0, 0.1) is 0 Å². The van der Waals surface area contributed by atoms with Crippen molar-refractivity contribution in [3.63, 3.8) is 0 Å². The van der Waals surface area contributed by atoms with Gasteiger partial charge in [0.2, 0.25) is 35.4 Å². The maximum atomic E-state index is 14.2. The first-order chi connectivity index (χ1) is 29.5. The zero-order valence-electron chi connectivity index (χ0n) is 34.3. The lowest BCUT2D eigenvalue weighted by Crippen LogP contribution is -2.60. The third kappa shape index (κ3) is 18.3. The molecule has 7 atom stereocenters. The summed E-state index contributed by atoms with van der Waals surface area (Å²) in [6, 6.07) is 8.79. The quantitative estimate of drug-likeness (QED) is 0.0333. The molecule has 0 saturated carbocycles. The summed E-state index contributed by atoms with van der Waals surface area (Å²) in [5.41, 5.74) is 29.0. The van der Waals surface area contributed by atoms with E-state index in [1.165, 1.54) is 6.92 Å². The Kier molecular flexibility index (Phi) is 21.3. The number of benzene rings is 2. The number of hydrogen-bond donors (Lipinski definition) is 12. The molecule has 23 heteroatoms. The Hall–Kier alpha value is -6.07. The fourth-order valence-corrected chi connectivity index (χ4v) is 8.22. The lowest BCUT2D eigenvalue weighted by atomic mass is 10.0. The number of carbonyl (C=O) groups excluding carboxylic acids is 6. The van der Waals surface area contributed by atoms with Gasteiger partial charge in [-0.1, -0.05) is 82.3 Å². The fraction of sp³-hybridized carbons (Fsp3) is 0.462. The molecule has 0 radical (unpaired) electrons. The molecule has 0 aromatic heterocycles. The average Bonchev–Trinajstić information content (AvgIpc) is 3.23. The summed E-state index contributed by atoms with van der Waals surface area (Å²) in [5.74, 6) is -6.48. The molecule has 2 aromatic carbocycles. The second-order valence-corrected chi connectivity index (χ2v) is 16.9. The Balaban J connectivity index is 1.96. The molecule has 0 unspecified atom stereocenters. The lowest BCUT2D eigenvalue weighted by Gasteiger charge is -2.27. The van der Waals surface area contributed by atoms with Crippen LogP contribution >= 0.6 is 21.6 Å². The summed E-state index contributed by atoms with van der Waals surface area (Å²) in [4.78, 5) is 103. The van der Waals surface area contributed by atoms with Gasteiger partial charge in [-0.05, 0) is 43.7 Å². The third-order valence-corrected chi connectivity index (χ3v) is 11.7. The van der Waals surface area contributed by atoms with Crippen molar-refractivity contribution in [2.24, 2.45) is 38.7 Å². The number of nitrogens with two attached hydrogens (primary N) is 5. The number of nitrogens with zero attached hydrogens (tertiary/aromatic N) is 2. The standard InChI is InChI=1S/C39H57N13O8S2/c1-22(47-32(54)25(40)14-8-16-45-38(41)42)31(53)51-29-20-61-62-21-30(37(59)60)52-35(57)28(19-24-12-6-3-7-13-24)50-34(56)27(18-23-10-4-2-5-11-23)49-33(55)26(48-36(29)58)15-9-17-46-39(43)44/h2-7,10-13,22,25-30H,8-9,14-21,40H2,1H3,(H,47,54)(H,48,58)(H,49,55)(H,50,56)(H,51,53)(H,52,57)(H,59,60)(H4,41,42,45)(H4,43,44,46)/t22-,25+,26-,27-,28-,29-,30-/m0/s1. The Morgan fingerprint density at radius 2 is 1.19 bits per heavy atom. The first-order valence-electron chi connectivity index (χ1n) is 19.8. The van der Waals surface area contributed by atoms with Gasteiger partial charge in [0.1, 0.15) is 36.3 Å². The fourth-order valence-electron chi connectivity index (χ4n) is 5.90. The smallest absolute Gasteiger partial charge is 0.327 e. The van der Waals surface area contributed by atoms with Gasteiger partial charge in [0.15, 0.2) is 11.9 Å². The monoisotopic (exact) mass is 899 g/mol. The molecule has 3 rings (SSSR count). The van der Waals surface area contributed by atoms with E-state index in [1.807, 2.05) is 0 Å². The minimum atomic E-state index is -1.43. The number of aliphatic carboxylic acids is 1. The second kappa shape index (κ2) is 26.3. The predicted molar refractivity (Wildman–Crippen MR) is 238 cm³/mol. The van der Waals surface area contributed by atoms with Gasteiger partial charge in [0.05, 0.1) is 6.04 Å². The number of hydrogen-bond acceptors (Lipinski definition) is 12. The molecule has 1 heterocycles. The Bertz CT molecular complexity index is 1890. The van der Waals surface area contributed by atoms with E-state index in [0.717, 1.165) is 21.6 Å². The molecule has 1 aliphatic rings. The zero-order valence-corrected chi connectivity index (χ0v) is 35.9. The summed E-state index contributed by atoms with van der Waals surface area (Å²) in [7, 11) is 2.02. The molecule has 0 aliphatic carbocycles. The topological polar surface area (TPSA) is 367 Å². The van der Waals surface area contributed by atoms with E-state index in [0.29, 0.717) is 17.5 Å². The van der Waals surface area contributed by atoms with E-state index >= 15 is 0 Å². The number of rotatable bonds is 17. The molecule has 1 saturated heterocycles. The number of aliphatic imine (C=N–C) groups is 2. The highest BCUT2D eigenvalue weighted by Crippen LogP contribution is 2.24. The van der Waals surface area contributed by atoms with E-state index in [1.54, 1.807) is 60.7 Å². The van der Waals surface area contributed by atoms with E-state index < -0.39 is 83.7 Å². The summed E-state index contributed by atoms with van der Waals surface area (Å²) in [5, 5.41) is 25.9. The van der Waals surface area contributed by atoms with Crippen molar-refractivity contribution in [3.8, 4) is 0 Å². The Morgan fingerprint density at radius 1 is 0.710 bits per heavy atom. The molecule has 62 heavy (non-hydrogen) atoms. The van der Waals surface area contributed by atoms with Gasteiger partial charge in [-0.25, -0.2) is 4.79 Å². The van der Waals surface area contributed by atoms with Crippen molar-refractivity contribution in [1.82, 2.24) is 31.9 Å². The largest absolute Gasteiger partial charge is 0.480 e. The van der Waals surface area contributed by atoms with Gasteiger partial charge >= 0.3 is 5.97 Å². The van der Waals surface area contributed by atoms with Gasteiger partial charge in [-0.15, -0.1) is 0 Å². The van der Waals surface area contributed by atoms with Crippen molar-refractivity contribution < 1.29 is 38.7 Å². The second-order valence-electron chi connectivity index (χ2n) is 14.3. The summed E-state index contributed by atoms with van der Waals surface area (Å²) < 4.78 is 0. The number of guanidine groups is 2. The molecule has 6 amide bonds. The van der Waals surface area contributed by atoms with Crippen molar-refractivity contribution >= 4 is 74.9 Å². The average molecular weight is 900 g/mol. The van der Waals surface area contributed by atoms with Gasteiger partial charge in [0, 0.05) is 37.4 Å². The van der Waals surface area contributed by atoms with Crippen molar-refractivity contribution in [2.45, 2.75) is 87.7 Å². The molecule has 17 N–H and O–H groups in total. The van der Waals surface area contributed by atoms with Crippen LogP contribution in [0.1, 0.15) is 43.7 Å². The van der Waals surface area contributed by atoms with Crippen molar-refractivity contribution in [2.75, 3.05) is 24.6 Å². The van der Waals surface area contributed by atoms with Crippen LogP contribution < -0.4 is 60.6 Å². The van der Waals surface area contributed by atoms with Crippen LogP contribution in [0.3, 0.4) is 0 Å². The maximum Gasteiger partial charge on any atom is 0.327 e. The molecule has 1 fully saturated rings. The van der Waals surface area contributed by atoms with Crippen LogP contribution in [0.5, 0.6) is 0 Å². The molecule has 0 spiro atoms.